The maximum atomic E-state index is 4.67. The van der Waals surface area contributed by atoms with Crippen molar-refractivity contribution in [3.8, 4) is 0 Å². The van der Waals surface area contributed by atoms with Crippen molar-refractivity contribution >= 4 is 23.0 Å². The summed E-state index contributed by atoms with van der Waals surface area (Å²) in [6.07, 6.45) is 8.31. The molecule has 0 spiro atoms. The van der Waals surface area contributed by atoms with E-state index in [4.69, 9.17) is 0 Å². The fraction of sp³-hybridized carbons (Fsp3) is 0.208. The van der Waals surface area contributed by atoms with Crippen LogP contribution in [-0.2, 0) is 0 Å². The Morgan fingerprint density at radius 3 is 2.14 bits per heavy atom. The maximum absolute atomic E-state index is 4.67. The van der Waals surface area contributed by atoms with E-state index in [9.17, 15) is 0 Å². The van der Waals surface area contributed by atoms with Gasteiger partial charge in [-0.15, -0.1) is 0 Å². The fourth-order valence-corrected chi connectivity index (χ4v) is 3.13. The zero-order valence-electron chi connectivity index (χ0n) is 16.6. The summed E-state index contributed by atoms with van der Waals surface area (Å²) >= 11 is 0. The number of anilines is 3. The highest BCUT2D eigenvalue weighted by atomic mass is 15.2. The summed E-state index contributed by atoms with van der Waals surface area (Å²) < 4.78 is 0. The van der Waals surface area contributed by atoms with Gasteiger partial charge in [0.25, 0.3) is 0 Å². The molecule has 0 amide bonds. The van der Waals surface area contributed by atoms with Gasteiger partial charge in [0.1, 0.15) is 6.67 Å². The lowest BCUT2D eigenvalue weighted by Crippen LogP contribution is -2.26. The molecule has 2 aromatic carbocycles. The standard InChI is InChI=1S/C14H16N2.C10H9N3/c1-11-9-14(12-7-8-12)15-10-16(11)13-5-3-2-4-6-13;1-2-5-9(6-3-1)13-10-11-7-4-8-12-10/h2-6,9,12H,7-8,10H2,1H3;1-8H,(H,11,12,13). The van der Waals surface area contributed by atoms with E-state index in [0.717, 1.165) is 18.3 Å². The number of hydrogen-bond acceptors (Lipinski definition) is 5. The first kappa shape index (κ1) is 18.9. The number of rotatable bonds is 4. The smallest absolute Gasteiger partial charge is 0.227 e. The number of hydrogen-bond donors (Lipinski definition) is 1. The third-order valence-corrected chi connectivity index (χ3v) is 4.84. The summed E-state index contributed by atoms with van der Waals surface area (Å²) in [6.45, 7) is 2.95. The molecule has 5 heteroatoms. The van der Waals surface area contributed by atoms with Crippen molar-refractivity contribution in [2.45, 2.75) is 19.8 Å². The van der Waals surface area contributed by atoms with E-state index in [0.29, 0.717) is 5.95 Å². The van der Waals surface area contributed by atoms with Crippen molar-refractivity contribution in [3.63, 3.8) is 0 Å². The summed E-state index contributed by atoms with van der Waals surface area (Å²) in [4.78, 5) is 15.0. The molecular weight excluding hydrogens is 358 g/mol. The van der Waals surface area contributed by atoms with E-state index >= 15 is 0 Å². The van der Waals surface area contributed by atoms with Gasteiger partial charge in [-0.3, -0.25) is 4.99 Å². The first-order valence-electron chi connectivity index (χ1n) is 9.94. The molecule has 0 bridgehead atoms. The predicted molar refractivity (Wildman–Crippen MR) is 119 cm³/mol. The summed E-state index contributed by atoms with van der Waals surface area (Å²) in [6, 6.07) is 22.1. The molecular formula is C24H25N5. The number of aromatic nitrogens is 2. The quantitative estimate of drug-likeness (QED) is 0.652. The maximum Gasteiger partial charge on any atom is 0.227 e. The van der Waals surface area contributed by atoms with Crippen LogP contribution in [0, 0.1) is 5.92 Å². The van der Waals surface area contributed by atoms with Crippen molar-refractivity contribution in [1.82, 2.24) is 9.97 Å². The lowest BCUT2D eigenvalue weighted by molar-refractivity contribution is 0.895. The molecule has 0 saturated heterocycles. The van der Waals surface area contributed by atoms with Crippen LogP contribution in [0.1, 0.15) is 19.8 Å². The molecule has 2 aliphatic rings. The first-order valence-corrected chi connectivity index (χ1v) is 9.94. The van der Waals surface area contributed by atoms with Crippen LogP contribution < -0.4 is 10.2 Å². The summed E-state index contributed by atoms with van der Waals surface area (Å²) in [5.74, 6) is 1.38. The zero-order chi connectivity index (χ0) is 19.9. The number of benzene rings is 2. The number of nitrogens with zero attached hydrogens (tertiary/aromatic N) is 4. The van der Waals surface area contributed by atoms with Gasteiger partial charge in [-0.25, -0.2) is 9.97 Å². The highest BCUT2D eigenvalue weighted by Gasteiger charge is 2.28. The lowest BCUT2D eigenvalue weighted by atomic mass is 10.1. The average molecular weight is 383 g/mol. The molecule has 5 rings (SSSR count). The molecule has 1 fully saturated rings. The van der Waals surface area contributed by atoms with Gasteiger partial charge in [0.05, 0.1) is 0 Å². The topological polar surface area (TPSA) is 53.4 Å². The van der Waals surface area contributed by atoms with Crippen LogP contribution in [0.15, 0.2) is 95.9 Å². The van der Waals surface area contributed by atoms with E-state index in [1.807, 2.05) is 36.4 Å². The monoisotopic (exact) mass is 383 g/mol. The van der Waals surface area contributed by atoms with Crippen LogP contribution in [-0.4, -0.2) is 22.3 Å². The Balaban J connectivity index is 0.000000145. The van der Waals surface area contributed by atoms with Gasteiger partial charge in [0, 0.05) is 41.1 Å². The Bertz CT molecular complexity index is 926. The molecule has 0 atom stereocenters. The third-order valence-electron chi connectivity index (χ3n) is 4.84. The van der Waals surface area contributed by atoms with Crippen molar-refractivity contribution in [1.29, 1.82) is 0 Å². The number of allylic oxidation sites excluding steroid dienone is 2. The van der Waals surface area contributed by atoms with Crippen LogP contribution in [0.5, 0.6) is 0 Å². The van der Waals surface area contributed by atoms with Gasteiger partial charge in [0.15, 0.2) is 0 Å². The molecule has 0 unspecified atom stereocenters. The van der Waals surface area contributed by atoms with Crippen molar-refractivity contribution in [2.75, 3.05) is 16.9 Å². The minimum absolute atomic E-state index is 0.619. The Morgan fingerprint density at radius 2 is 1.52 bits per heavy atom. The van der Waals surface area contributed by atoms with Gasteiger partial charge < -0.3 is 10.2 Å². The molecule has 1 N–H and O–H groups in total. The minimum Gasteiger partial charge on any atom is -0.325 e. The molecule has 29 heavy (non-hydrogen) atoms. The van der Waals surface area contributed by atoms with Crippen LogP contribution in [0.2, 0.25) is 0 Å². The Hall–Kier alpha value is -3.47. The molecule has 1 aliphatic carbocycles. The van der Waals surface area contributed by atoms with E-state index in [-0.39, 0.29) is 0 Å². The third kappa shape index (κ3) is 5.29. The second kappa shape index (κ2) is 9.15. The molecule has 0 radical (unpaired) electrons. The zero-order valence-corrected chi connectivity index (χ0v) is 16.6. The first-order chi connectivity index (χ1) is 14.3. The van der Waals surface area contributed by atoms with E-state index in [1.54, 1.807) is 18.5 Å². The van der Waals surface area contributed by atoms with Gasteiger partial charge in [-0.1, -0.05) is 36.4 Å². The van der Waals surface area contributed by atoms with E-state index in [1.165, 1.54) is 29.9 Å². The molecule has 3 aromatic rings. The number of nitrogens with one attached hydrogen (secondary N) is 1. The second-order valence-corrected chi connectivity index (χ2v) is 7.11. The molecule has 1 aliphatic heterocycles. The van der Waals surface area contributed by atoms with Crippen LogP contribution >= 0.6 is 0 Å². The van der Waals surface area contributed by atoms with Gasteiger partial charge in [-0.05, 0) is 56.2 Å². The SMILES string of the molecule is CC1=CC(C2CC2)=NCN1c1ccccc1.c1ccc(Nc2ncccn2)cc1. The normalized spacial score (nSPS) is 15.6. The molecule has 5 nitrogen and oxygen atoms in total. The van der Waals surface area contributed by atoms with E-state index < -0.39 is 0 Å². The van der Waals surface area contributed by atoms with Crippen molar-refractivity contribution in [2.24, 2.45) is 10.9 Å². The number of para-hydroxylation sites is 2. The van der Waals surface area contributed by atoms with Crippen molar-refractivity contribution < 1.29 is 0 Å². The predicted octanol–water partition coefficient (Wildman–Crippen LogP) is 5.44. The highest BCUT2D eigenvalue weighted by Crippen LogP contribution is 2.33. The fourth-order valence-electron chi connectivity index (χ4n) is 3.13. The summed E-state index contributed by atoms with van der Waals surface area (Å²) in [5.41, 5.74) is 4.84. The highest BCUT2D eigenvalue weighted by molar-refractivity contribution is 6.00. The molecule has 1 aromatic heterocycles. The Kier molecular flexibility index (Phi) is 5.95. The molecule has 1 saturated carbocycles. The largest absolute Gasteiger partial charge is 0.325 e. The molecule has 2 heterocycles. The van der Waals surface area contributed by atoms with Gasteiger partial charge in [0.2, 0.25) is 5.95 Å². The summed E-state index contributed by atoms with van der Waals surface area (Å²) in [5, 5.41) is 3.08. The van der Waals surface area contributed by atoms with Crippen LogP contribution in [0.3, 0.4) is 0 Å². The van der Waals surface area contributed by atoms with Gasteiger partial charge >= 0.3 is 0 Å². The van der Waals surface area contributed by atoms with Crippen molar-refractivity contribution in [3.05, 3.63) is 90.9 Å². The summed E-state index contributed by atoms with van der Waals surface area (Å²) in [7, 11) is 0. The number of aliphatic imine (C=N–C) groups is 1. The molecule has 146 valence electrons. The second-order valence-electron chi connectivity index (χ2n) is 7.11. The average Bonchev–Trinajstić information content (AvgIpc) is 3.62. The Morgan fingerprint density at radius 1 is 0.862 bits per heavy atom. The lowest BCUT2D eigenvalue weighted by Gasteiger charge is -2.27. The van der Waals surface area contributed by atoms with Gasteiger partial charge in [-0.2, -0.15) is 0 Å². The van der Waals surface area contributed by atoms with Crippen LogP contribution in [0.4, 0.5) is 17.3 Å². The van der Waals surface area contributed by atoms with E-state index in [2.05, 4.69) is 62.4 Å². The van der Waals surface area contributed by atoms with Crippen LogP contribution in [0.25, 0.3) is 0 Å². The minimum atomic E-state index is 0.619. The Labute approximate surface area is 171 Å².